The smallest absolute Gasteiger partial charge is 0.194 e. The predicted molar refractivity (Wildman–Crippen MR) is 143 cm³/mol. The van der Waals surface area contributed by atoms with Crippen LogP contribution in [0.2, 0.25) is 0 Å². The summed E-state index contributed by atoms with van der Waals surface area (Å²) in [6, 6.07) is 10.5. The Labute approximate surface area is 214 Å². The number of aryl methyl sites for hydroxylation is 1. The SMILES string of the molecule is Cc1nnc(CN=C(NCC2CCCO2)N2CCN(C/C=C/c3ccccc3)CC2)n1C.I. The van der Waals surface area contributed by atoms with E-state index in [9.17, 15) is 0 Å². The molecule has 2 aromatic rings. The van der Waals surface area contributed by atoms with Crippen LogP contribution in [0.15, 0.2) is 41.4 Å². The Balaban J connectivity index is 0.00000306. The van der Waals surface area contributed by atoms with Crippen molar-refractivity contribution in [3.8, 4) is 0 Å². The number of nitrogens with zero attached hydrogens (tertiary/aromatic N) is 6. The van der Waals surface area contributed by atoms with Crippen molar-refractivity contribution in [1.82, 2.24) is 29.9 Å². The molecule has 1 aromatic heterocycles. The van der Waals surface area contributed by atoms with Crippen molar-refractivity contribution in [2.75, 3.05) is 45.9 Å². The molecule has 2 aliphatic heterocycles. The molecule has 4 rings (SSSR count). The second-order valence-electron chi connectivity index (χ2n) is 8.48. The first-order chi connectivity index (χ1) is 15.7. The third-order valence-corrected chi connectivity index (χ3v) is 6.21. The van der Waals surface area contributed by atoms with E-state index < -0.39 is 0 Å². The Morgan fingerprint density at radius 2 is 1.97 bits per heavy atom. The maximum atomic E-state index is 5.80. The van der Waals surface area contributed by atoms with Gasteiger partial charge in [-0.1, -0.05) is 42.5 Å². The summed E-state index contributed by atoms with van der Waals surface area (Å²) < 4.78 is 7.79. The van der Waals surface area contributed by atoms with E-state index in [-0.39, 0.29) is 30.1 Å². The molecule has 1 atom stereocenters. The van der Waals surface area contributed by atoms with Gasteiger partial charge in [-0.25, -0.2) is 4.99 Å². The van der Waals surface area contributed by atoms with E-state index in [2.05, 4.69) is 61.7 Å². The molecule has 2 aliphatic rings. The van der Waals surface area contributed by atoms with E-state index in [0.29, 0.717) is 6.54 Å². The average molecular weight is 566 g/mol. The summed E-state index contributed by atoms with van der Waals surface area (Å²) in [6.45, 7) is 9.06. The molecule has 0 spiro atoms. The van der Waals surface area contributed by atoms with Crippen LogP contribution in [-0.4, -0.2) is 82.5 Å². The van der Waals surface area contributed by atoms with Gasteiger partial charge in [-0.3, -0.25) is 4.90 Å². The lowest BCUT2D eigenvalue weighted by Gasteiger charge is -2.36. The summed E-state index contributed by atoms with van der Waals surface area (Å²) in [5.41, 5.74) is 1.25. The molecule has 180 valence electrons. The molecule has 1 N–H and O–H groups in total. The lowest BCUT2D eigenvalue weighted by atomic mass is 10.2. The second kappa shape index (κ2) is 13.0. The van der Waals surface area contributed by atoms with Crippen LogP contribution in [0.5, 0.6) is 0 Å². The van der Waals surface area contributed by atoms with E-state index in [0.717, 1.165) is 76.3 Å². The Bertz CT molecular complexity index is 901. The zero-order valence-corrected chi connectivity index (χ0v) is 22.0. The fraction of sp³-hybridized carbons (Fsp3) is 0.542. The highest BCUT2D eigenvalue weighted by Gasteiger charge is 2.21. The maximum Gasteiger partial charge on any atom is 0.194 e. The molecule has 0 amide bonds. The molecule has 0 radical (unpaired) electrons. The number of rotatable bonds is 7. The molecule has 3 heterocycles. The summed E-state index contributed by atoms with van der Waals surface area (Å²) in [6.07, 6.45) is 7.00. The minimum atomic E-state index is 0. The van der Waals surface area contributed by atoms with E-state index in [1.54, 1.807) is 0 Å². The van der Waals surface area contributed by atoms with E-state index in [4.69, 9.17) is 9.73 Å². The Morgan fingerprint density at radius 1 is 1.18 bits per heavy atom. The molecule has 1 aromatic carbocycles. The Hall–Kier alpha value is -1.98. The largest absolute Gasteiger partial charge is 0.376 e. The number of hydrogen-bond acceptors (Lipinski definition) is 5. The highest BCUT2D eigenvalue weighted by molar-refractivity contribution is 14.0. The van der Waals surface area contributed by atoms with Crippen LogP contribution in [0.1, 0.15) is 30.1 Å². The van der Waals surface area contributed by atoms with Crippen molar-refractivity contribution in [2.45, 2.75) is 32.4 Å². The van der Waals surface area contributed by atoms with E-state index >= 15 is 0 Å². The third kappa shape index (κ3) is 7.51. The van der Waals surface area contributed by atoms with Crippen LogP contribution in [0.3, 0.4) is 0 Å². The van der Waals surface area contributed by atoms with Crippen molar-refractivity contribution in [2.24, 2.45) is 12.0 Å². The van der Waals surface area contributed by atoms with Gasteiger partial charge in [0, 0.05) is 52.9 Å². The molecular weight excluding hydrogens is 529 g/mol. The van der Waals surface area contributed by atoms with Crippen molar-refractivity contribution >= 4 is 36.0 Å². The average Bonchev–Trinajstić information content (AvgIpc) is 3.46. The van der Waals surface area contributed by atoms with Crippen molar-refractivity contribution in [3.05, 3.63) is 53.6 Å². The summed E-state index contributed by atoms with van der Waals surface area (Å²) in [5, 5.41) is 12.0. The van der Waals surface area contributed by atoms with Gasteiger partial charge in [0.25, 0.3) is 0 Å². The number of guanidine groups is 1. The molecule has 9 heteroatoms. The Kier molecular flexibility index (Phi) is 10.1. The number of aliphatic imine (C=N–C) groups is 1. The van der Waals surface area contributed by atoms with Gasteiger partial charge in [0.05, 0.1) is 6.10 Å². The van der Waals surface area contributed by atoms with Crippen LogP contribution in [0, 0.1) is 6.92 Å². The lowest BCUT2D eigenvalue weighted by Crippen LogP contribution is -2.53. The molecule has 0 aliphatic carbocycles. The molecule has 1 unspecified atom stereocenters. The van der Waals surface area contributed by atoms with Crippen molar-refractivity contribution in [1.29, 1.82) is 0 Å². The van der Waals surface area contributed by atoms with Crippen LogP contribution in [0.4, 0.5) is 0 Å². The molecule has 0 saturated carbocycles. The number of ether oxygens (including phenoxy) is 1. The first-order valence-corrected chi connectivity index (χ1v) is 11.6. The number of piperazine rings is 1. The molecule has 2 saturated heterocycles. The predicted octanol–water partition coefficient (Wildman–Crippen LogP) is 2.70. The number of hydrogen-bond donors (Lipinski definition) is 1. The van der Waals surface area contributed by atoms with Crippen LogP contribution in [0.25, 0.3) is 6.08 Å². The first kappa shape index (κ1) is 25.6. The zero-order valence-electron chi connectivity index (χ0n) is 19.7. The minimum absolute atomic E-state index is 0. The van der Waals surface area contributed by atoms with E-state index in [1.807, 2.05) is 24.6 Å². The minimum Gasteiger partial charge on any atom is -0.376 e. The van der Waals surface area contributed by atoms with Crippen LogP contribution in [-0.2, 0) is 18.3 Å². The fourth-order valence-electron chi connectivity index (χ4n) is 4.06. The van der Waals surface area contributed by atoms with Gasteiger partial charge >= 0.3 is 0 Å². The molecule has 2 fully saturated rings. The quantitative estimate of drug-likeness (QED) is 0.317. The number of nitrogens with one attached hydrogen (secondary N) is 1. The van der Waals surface area contributed by atoms with Crippen molar-refractivity contribution in [3.63, 3.8) is 0 Å². The summed E-state index contributed by atoms with van der Waals surface area (Å²) >= 11 is 0. The monoisotopic (exact) mass is 565 g/mol. The van der Waals surface area contributed by atoms with Gasteiger partial charge in [0.15, 0.2) is 11.8 Å². The van der Waals surface area contributed by atoms with Gasteiger partial charge in [-0.2, -0.15) is 0 Å². The third-order valence-electron chi connectivity index (χ3n) is 6.21. The highest BCUT2D eigenvalue weighted by atomic mass is 127. The number of halogens is 1. The molecular formula is C24H36IN7O. The van der Waals surface area contributed by atoms with Gasteiger partial charge in [-0.05, 0) is 25.3 Å². The van der Waals surface area contributed by atoms with E-state index in [1.165, 1.54) is 5.56 Å². The summed E-state index contributed by atoms with van der Waals surface area (Å²) in [5.74, 6) is 2.73. The lowest BCUT2D eigenvalue weighted by molar-refractivity contribution is 0.112. The van der Waals surface area contributed by atoms with Gasteiger partial charge in [0.2, 0.25) is 0 Å². The number of benzene rings is 1. The summed E-state index contributed by atoms with van der Waals surface area (Å²) in [7, 11) is 1.99. The van der Waals surface area contributed by atoms with Gasteiger partial charge in [-0.15, -0.1) is 34.2 Å². The zero-order chi connectivity index (χ0) is 22.2. The molecule has 0 bridgehead atoms. The van der Waals surface area contributed by atoms with Crippen LogP contribution < -0.4 is 5.32 Å². The topological polar surface area (TPSA) is 70.8 Å². The summed E-state index contributed by atoms with van der Waals surface area (Å²) in [4.78, 5) is 9.74. The second-order valence-corrected chi connectivity index (χ2v) is 8.48. The highest BCUT2D eigenvalue weighted by Crippen LogP contribution is 2.11. The molecule has 8 nitrogen and oxygen atoms in total. The Morgan fingerprint density at radius 3 is 2.64 bits per heavy atom. The van der Waals surface area contributed by atoms with Gasteiger partial charge in [0.1, 0.15) is 12.4 Å². The van der Waals surface area contributed by atoms with Gasteiger partial charge < -0.3 is 19.5 Å². The van der Waals surface area contributed by atoms with Crippen LogP contribution >= 0.6 is 24.0 Å². The maximum absolute atomic E-state index is 5.80. The normalized spacial score (nSPS) is 19.8. The standard InChI is InChI=1S/C24H35N7O.HI/c1-20-27-28-23(29(20)2)19-26-24(25-18-22-11-7-17-32-22)31-15-13-30(14-16-31)12-6-10-21-8-4-3-5-9-21;/h3-6,8-10,22H,7,11-19H2,1-2H3,(H,25,26);1H/b10-6+;. The first-order valence-electron chi connectivity index (χ1n) is 11.6. The fourth-order valence-corrected chi connectivity index (χ4v) is 4.06. The van der Waals surface area contributed by atoms with Crippen molar-refractivity contribution < 1.29 is 4.74 Å². The molecule has 33 heavy (non-hydrogen) atoms. The number of aromatic nitrogens is 3.